The van der Waals surface area contributed by atoms with Crippen LogP contribution in [0.25, 0.3) is 0 Å². The highest BCUT2D eigenvalue weighted by atomic mass is 79.9. The summed E-state index contributed by atoms with van der Waals surface area (Å²) in [7, 11) is 0. The molecule has 1 N–H and O–H groups in total. The van der Waals surface area contributed by atoms with Crippen molar-refractivity contribution >= 4 is 56.5 Å². The number of carbonyl (C=O) groups excluding carboxylic acids is 2. The van der Waals surface area contributed by atoms with Crippen LogP contribution in [0.5, 0.6) is 5.75 Å². The molecule has 2 amide bonds. The van der Waals surface area contributed by atoms with Crippen molar-refractivity contribution in [2.75, 3.05) is 4.90 Å². The number of aromatic nitrogens is 1. The molecule has 0 radical (unpaired) electrons. The number of anilines is 1. The molecule has 4 aromatic rings. The summed E-state index contributed by atoms with van der Waals surface area (Å²) in [6.07, 6.45) is 0.872. The number of thiazole rings is 1. The number of H-pyrrole nitrogens is 1. The Morgan fingerprint density at radius 3 is 2.31 bits per heavy atom. The van der Waals surface area contributed by atoms with Gasteiger partial charge in [0.15, 0.2) is 0 Å². The Kier molecular flexibility index (Phi) is 6.28. The van der Waals surface area contributed by atoms with Crippen LogP contribution >= 0.6 is 39.0 Å². The first kappa shape index (κ1) is 26.5. The highest BCUT2D eigenvalue weighted by Crippen LogP contribution is 2.68. The van der Waals surface area contributed by atoms with E-state index in [0.717, 1.165) is 37.7 Å². The van der Waals surface area contributed by atoms with E-state index < -0.39 is 0 Å². The van der Waals surface area contributed by atoms with E-state index in [1.54, 1.807) is 11.8 Å². The van der Waals surface area contributed by atoms with Crippen LogP contribution in [-0.4, -0.2) is 22.0 Å². The van der Waals surface area contributed by atoms with Crippen molar-refractivity contribution in [3.63, 3.8) is 0 Å². The van der Waals surface area contributed by atoms with Crippen LogP contribution in [-0.2, 0) is 16.2 Å². The summed E-state index contributed by atoms with van der Waals surface area (Å²) in [5.41, 5.74) is 4.09. The molecule has 3 fully saturated rings. The molecule has 42 heavy (non-hydrogen) atoms. The molecule has 8 rings (SSSR count). The van der Waals surface area contributed by atoms with Gasteiger partial charge in [0.1, 0.15) is 12.4 Å². The summed E-state index contributed by atoms with van der Waals surface area (Å²) in [5, 5.41) is 1.08. The van der Waals surface area contributed by atoms with Crippen molar-refractivity contribution in [3.8, 4) is 5.75 Å². The Labute approximate surface area is 259 Å². The number of carbonyl (C=O) groups is 2. The largest absolute Gasteiger partial charge is 0.489 e. The minimum absolute atomic E-state index is 0.0121. The number of nitrogens with one attached hydrogen (secondary N) is 1. The standard InChI is InChI=1S/C33H27BrN2O4S2/c1-16-2-4-17(5-3-16)15-40-21-12-6-18(7-13-21)24-25-22-14-23(28(25)41-30-29(24)42-33(39)35-30)27-26(22)31(37)36(32(27)38)20-10-8-19(34)9-11-20/h2-13,22-28H,14-15H2,1H3,(H,35,39)/t22-,23-,24+,25+,26+,27+,28-/m1/s1. The first-order valence-electron chi connectivity index (χ1n) is 14.2. The third-order valence-electron chi connectivity index (χ3n) is 9.57. The van der Waals surface area contributed by atoms with Gasteiger partial charge in [-0.25, -0.2) is 0 Å². The van der Waals surface area contributed by atoms with Crippen LogP contribution in [0.3, 0.4) is 0 Å². The number of benzene rings is 3. The second-order valence-electron chi connectivity index (χ2n) is 11.8. The fourth-order valence-corrected chi connectivity index (χ4v) is 11.0. The summed E-state index contributed by atoms with van der Waals surface area (Å²) in [5.74, 6) is 0.367. The lowest BCUT2D eigenvalue weighted by atomic mass is 9.68. The topological polar surface area (TPSA) is 79.5 Å². The lowest BCUT2D eigenvalue weighted by Gasteiger charge is -2.43. The number of aryl methyl sites for hydroxylation is 1. The fourth-order valence-electron chi connectivity index (χ4n) is 7.86. The van der Waals surface area contributed by atoms with Gasteiger partial charge in [0.05, 0.1) is 22.5 Å². The molecule has 6 nitrogen and oxygen atoms in total. The quantitative estimate of drug-likeness (QED) is 0.240. The minimum atomic E-state index is -0.315. The van der Waals surface area contributed by atoms with Crippen molar-refractivity contribution in [1.82, 2.24) is 4.98 Å². The SMILES string of the molecule is Cc1ccc(COc2ccc([C@@H]3c4sc(=O)[nH]c4S[C@@H]4[C@@H]5C[C@@H]([C@@H]6C(=O)N(c7ccc(Br)cc7)C(=O)[C@@H]56)[C@@H]34)cc2)cc1. The van der Waals surface area contributed by atoms with Crippen LogP contribution < -0.4 is 14.5 Å². The maximum absolute atomic E-state index is 13.9. The number of nitrogens with zero attached hydrogens (tertiary/aromatic N) is 1. The average molecular weight is 660 g/mol. The van der Waals surface area contributed by atoms with Gasteiger partial charge >= 0.3 is 4.87 Å². The Balaban J connectivity index is 1.11. The van der Waals surface area contributed by atoms with E-state index in [1.165, 1.54) is 21.8 Å². The first-order chi connectivity index (χ1) is 20.4. The van der Waals surface area contributed by atoms with Crippen molar-refractivity contribution in [1.29, 1.82) is 0 Å². The van der Waals surface area contributed by atoms with Gasteiger partial charge in [0, 0.05) is 20.5 Å². The van der Waals surface area contributed by atoms with Crippen LogP contribution in [0.2, 0.25) is 0 Å². The van der Waals surface area contributed by atoms with E-state index >= 15 is 0 Å². The Morgan fingerprint density at radius 2 is 1.60 bits per heavy atom. The average Bonchev–Trinajstić information content (AvgIpc) is 3.72. The zero-order chi connectivity index (χ0) is 28.7. The number of rotatable bonds is 5. The molecule has 1 aromatic heterocycles. The number of ether oxygens (including phenoxy) is 1. The van der Waals surface area contributed by atoms with E-state index in [2.05, 4.69) is 64.2 Å². The summed E-state index contributed by atoms with van der Waals surface area (Å²) >= 11 is 6.44. The smallest absolute Gasteiger partial charge is 0.305 e. The van der Waals surface area contributed by atoms with Gasteiger partial charge in [-0.2, -0.15) is 0 Å². The molecule has 3 heterocycles. The van der Waals surface area contributed by atoms with Crippen molar-refractivity contribution < 1.29 is 14.3 Å². The van der Waals surface area contributed by atoms with Gasteiger partial charge in [-0.1, -0.05) is 69.2 Å². The highest BCUT2D eigenvalue weighted by Gasteiger charge is 2.69. The normalized spacial score (nSPS) is 29.0. The second-order valence-corrected chi connectivity index (χ2v) is 14.9. The van der Waals surface area contributed by atoms with E-state index in [4.69, 9.17) is 4.74 Å². The highest BCUT2D eigenvalue weighted by molar-refractivity contribution is 9.10. The lowest BCUT2D eigenvalue weighted by molar-refractivity contribution is -0.123. The Bertz CT molecular complexity index is 1770. The third-order valence-corrected chi connectivity index (χ3v) is 12.7. The van der Waals surface area contributed by atoms with E-state index in [0.29, 0.717) is 12.3 Å². The number of imide groups is 1. The van der Waals surface area contributed by atoms with Gasteiger partial charge in [-0.15, -0.1) is 11.8 Å². The van der Waals surface area contributed by atoms with Crippen LogP contribution in [0.15, 0.2) is 87.1 Å². The van der Waals surface area contributed by atoms with Gasteiger partial charge in [0.25, 0.3) is 0 Å². The lowest BCUT2D eigenvalue weighted by Crippen LogP contribution is -2.42. The number of hydrogen-bond acceptors (Lipinski definition) is 6. The molecule has 2 saturated carbocycles. The summed E-state index contributed by atoms with van der Waals surface area (Å²) in [4.78, 5) is 45.7. The van der Waals surface area contributed by atoms with Gasteiger partial charge in [0.2, 0.25) is 11.8 Å². The van der Waals surface area contributed by atoms with Gasteiger partial charge < -0.3 is 9.72 Å². The molecule has 212 valence electrons. The van der Waals surface area contributed by atoms with Gasteiger partial charge in [-0.3, -0.25) is 19.3 Å². The van der Waals surface area contributed by atoms with Crippen molar-refractivity contribution in [2.45, 2.75) is 36.1 Å². The third kappa shape index (κ3) is 4.07. The molecule has 2 bridgehead atoms. The zero-order valence-corrected chi connectivity index (χ0v) is 25.9. The number of fused-ring (bicyclic) bond motifs is 9. The van der Waals surface area contributed by atoms with E-state index in [-0.39, 0.29) is 57.4 Å². The molecular formula is C33H27BrN2O4S2. The molecule has 3 aromatic carbocycles. The molecule has 0 unspecified atom stereocenters. The monoisotopic (exact) mass is 658 g/mol. The Morgan fingerprint density at radius 1 is 0.905 bits per heavy atom. The summed E-state index contributed by atoms with van der Waals surface area (Å²) in [6, 6.07) is 23.9. The minimum Gasteiger partial charge on any atom is -0.489 e. The zero-order valence-electron chi connectivity index (χ0n) is 22.7. The van der Waals surface area contributed by atoms with Crippen molar-refractivity contribution in [2.24, 2.45) is 29.6 Å². The first-order valence-corrected chi connectivity index (χ1v) is 16.7. The van der Waals surface area contributed by atoms with E-state index in [9.17, 15) is 14.4 Å². The van der Waals surface area contributed by atoms with Crippen LogP contribution in [0, 0.1) is 36.5 Å². The van der Waals surface area contributed by atoms with Crippen LogP contribution in [0.4, 0.5) is 5.69 Å². The van der Waals surface area contributed by atoms with Crippen molar-refractivity contribution in [3.05, 3.63) is 109 Å². The van der Waals surface area contributed by atoms with Crippen LogP contribution in [0.1, 0.15) is 33.9 Å². The Hall–Kier alpha value is -3.14. The molecule has 0 spiro atoms. The van der Waals surface area contributed by atoms with Gasteiger partial charge in [-0.05, 0) is 78.6 Å². The maximum atomic E-state index is 13.9. The number of amides is 2. The molecule has 2 aliphatic heterocycles. The number of thioether (sulfide) groups is 1. The predicted molar refractivity (Wildman–Crippen MR) is 167 cm³/mol. The summed E-state index contributed by atoms with van der Waals surface area (Å²) < 4.78 is 6.98. The molecule has 4 aliphatic rings. The maximum Gasteiger partial charge on any atom is 0.305 e. The molecule has 9 heteroatoms. The second kappa shape index (κ2) is 9.96. The number of aromatic amines is 1. The fraction of sp³-hybridized carbons (Fsp3) is 0.303. The number of halogens is 1. The molecule has 2 aliphatic carbocycles. The summed E-state index contributed by atoms with van der Waals surface area (Å²) in [6.45, 7) is 2.56. The molecule has 1 saturated heterocycles. The van der Waals surface area contributed by atoms with E-state index in [1.807, 2.05) is 36.4 Å². The number of hydrogen-bond donors (Lipinski definition) is 1. The molecular weight excluding hydrogens is 632 g/mol. The predicted octanol–water partition coefficient (Wildman–Crippen LogP) is 6.76. The molecule has 7 atom stereocenters.